The number of benzene rings is 2. The molecule has 0 spiro atoms. The van der Waals surface area contributed by atoms with Crippen LogP contribution in [-0.2, 0) is 4.79 Å². The van der Waals surface area contributed by atoms with E-state index in [0.717, 1.165) is 15.6 Å². The fourth-order valence-corrected chi connectivity index (χ4v) is 3.22. The molecule has 0 atom stereocenters. The summed E-state index contributed by atoms with van der Waals surface area (Å²) in [7, 11) is 0. The van der Waals surface area contributed by atoms with E-state index in [2.05, 4.69) is 26.5 Å². The second-order valence-electron chi connectivity index (χ2n) is 6.92. The SMILES string of the molecule is CCOc1cc(/C=N\NC(=O)C(C)(C)Oc2ccc(Cl)c(C)c2)cc(Br)c1OCC. The van der Waals surface area contributed by atoms with Gasteiger partial charge in [0, 0.05) is 5.02 Å². The Morgan fingerprint density at radius 1 is 1.20 bits per heavy atom. The summed E-state index contributed by atoms with van der Waals surface area (Å²) in [4.78, 5) is 12.6. The van der Waals surface area contributed by atoms with Gasteiger partial charge in [0.1, 0.15) is 5.75 Å². The zero-order valence-corrected chi connectivity index (χ0v) is 20.1. The molecule has 0 unspecified atom stereocenters. The van der Waals surface area contributed by atoms with E-state index in [4.69, 9.17) is 25.8 Å². The molecule has 0 aliphatic carbocycles. The van der Waals surface area contributed by atoms with Crippen molar-refractivity contribution in [1.82, 2.24) is 5.43 Å². The van der Waals surface area contributed by atoms with Crippen molar-refractivity contribution < 1.29 is 19.0 Å². The molecule has 2 aromatic carbocycles. The Kier molecular flexibility index (Phi) is 8.55. The monoisotopic (exact) mass is 496 g/mol. The number of hydrogen-bond acceptors (Lipinski definition) is 5. The van der Waals surface area contributed by atoms with E-state index in [-0.39, 0.29) is 5.91 Å². The molecule has 0 fully saturated rings. The lowest BCUT2D eigenvalue weighted by atomic mass is 10.1. The Balaban J connectivity index is 2.09. The Bertz CT molecular complexity index is 932. The highest BCUT2D eigenvalue weighted by Crippen LogP contribution is 2.36. The van der Waals surface area contributed by atoms with Crippen molar-refractivity contribution in [2.45, 2.75) is 40.2 Å². The van der Waals surface area contributed by atoms with Gasteiger partial charge in [-0.2, -0.15) is 5.10 Å². The molecule has 0 saturated carbocycles. The molecule has 0 bridgehead atoms. The largest absolute Gasteiger partial charge is 0.490 e. The highest BCUT2D eigenvalue weighted by atomic mass is 79.9. The molecule has 0 heterocycles. The number of aryl methyl sites for hydroxylation is 1. The van der Waals surface area contributed by atoms with Gasteiger partial charge in [-0.25, -0.2) is 5.43 Å². The molecule has 0 saturated heterocycles. The average molecular weight is 498 g/mol. The van der Waals surface area contributed by atoms with Gasteiger partial charge in [-0.15, -0.1) is 0 Å². The first-order valence-corrected chi connectivity index (χ1v) is 10.7. The molecule has 2 aromatic rings. The number of carbonyl (C=O) groups excluding carboxylic acids is 1. The van der Waals surface area contributed by atoms with Crippen LogP contribution in [0.5, 0.6) is 17.2 Å². The number of carbonyl (C=O) groups is 1. The summed E-state index contributed by atoms with van der Waals surface area (Å²) >= 11 is 9.52. The predicted molar refractivity (Wildman–Crippen MR) is 123 cm³/mol. The zero-order chi connectivity index (χ0) is 22.3. The maximum Gasteiger partial charge on any atom is 0.283 e. The second-order valence-corrected chi connectivity index (χ2v) is 8.18. The van der Waals surface area contributed by atoms with E-state index >= 15 is 0 Å². The molecular formula is C22H26BrClN2O4. The van der Waals surface area contributed by atoms with E-state index in [1.54, 1.807) is 38.1 Å². The van der Waals surface area contributed by atoms with Crippen molar-refractivity contribution >= 4 is 39.7 Å². The number of amides is 1. The molecule has 2 rings (SSSR count). The number of ether oxygens (including phenoxy) is 3. The van der Waals surface area contributed by atoms with Gasteiger partial charge < -0.3 is 14.2 Å². The Labute approximate surface area is 190 Å². The van der Waals surface area contributed by atoms with Crippen molar-refractivity contribution in [1.29, 1.82) is 0 Å². The summed E-state index contributed by atoms with van der Waals surface area (Å²) in [5.41, 5.74) is 3.00. The lowest BCUT2D eigenvalue weighted by molar-refractivity contribution is -0.134. The smallest absolute Gasteiger partial charge is 0.283 e. The molecule has 0 aliphatic rings. The molecule has 162 valence electrons. The summed E-state index contributed by atoms with van der Waals surface area (Å²) in [5.74, 6) is 1.40. The van der Waals surface area contributed by atoms with Crippen molar-refractivity contribution in [3.63, 3.8) is 0 Å². The molecule has 0 aliphatic heterocycles. The molecule has 30 heavy (non-hydrogen) atoms. The lowest BCUT2D eigenvalue weighted by Gasteiger charge is -2.24. The quantitative estimate of drug-likeness (QED) is 0.366. The number of hydrogen-bond donors (Lipinski definition) is 1. The predicted octanol–water partition coefficient (Wildman–Crippen LogP) is 5.52. The summed E-state index contributed by atoms with van der Waals surface area (Å²) < 4.78 is 17.8. The van der Waals surface area contributed by atoms with Crippen LogP contribution in [0.2, 0.25) is 5.02 Å². The molecule has 1 amide bonds. The Morgan fingerprint density at radius 2 is 1.90 bits per heavy atom. The molecule has 0 radical (unpaired) electrons. The van der Waals surface area contributed by atoms with Crippen molar-refractivity contribution in [2.24, 2.45) is 5.10 Å². The van der Waals surface area contributed by atoms with Gasteiger partial charge in [0.05, 0.1) is 23.9 Å². The number of rotatable bonds is 9. The molecular weight excluding hydrogens is 472 g/mol. The highest BCUT2D eigenvalue weighted by Gasteiger charge is 2.30. The standard InChI is InChI=1S/C22H26BrClN2O4/c1-6-28-19-12-15(11-17(23)20(19)29-7-2)13-25-26-21(27)22(4,5)30-16-8-9-18(24)14(3)10-16/h8-13H,6-7H2,1-5H3,(H,26,27)/b25-13-. The minimum absolute atomic E-state index is 0.388. The summed E-state index contributed by atoms with van der Waals surface area (Å²) in [5, 5.41) is 4.70. The van der Waals surface area contributed by atoms with Crippen LogP contribution in [0.15, 0.2) is 39.9 Å². The number of nitrogens with zero attached hydrogens (tertiary/aromatic N) is 1. The third-order valence-corrected chi connectivity index (χ3v) is 5.06. The van der Waals surface area contributed by atoms with Crippen LogP contribution < -0.4 is 19.6 Å². The summed E-state index contributed by atoms with van der Waals surface area (Å²) in [6.45, 7) is 10.0. The molecule has 6 nitrogen and oxygen atoms in total. The fourth-order valence-electron chi connectivity index (χ4n) is 2.53. The van der Waals surface area contributed by atoms with Crippen molar-refractivity contribution in [3.05, 3.63) is 51.0 Å². The maximum absolute atomic E-state index is 12.6. The maximum atomic E-state index is 12.6. The average Bonchev–Trinajstić information content (AvgIpc) is 2.67. The highest BCUT2D eigenvalue weighted by molar-refractivity contribution is 9.10. The van der Waals surface area contributed by atoms with Gasteiger partial charge in [0.15, 0.2) is 17.1 Å². The van der Waals surface area contributed by atoms with Crippen LogP contribution in [0, 0.1) is 6.92 Å². The normalized spacial score (nSPS) is 11.4. The number of nitrogens with one attached hydrogen (secondary N) is 1. The second kappa shape index (κ2) is 10.7. The van der Waals surface area contributed by atoms with Crippen LogP contribution in [-0.4, -0.2) is 30.9 Å². The van der Waals surface area contributed by atoms with E-state index < -0.39 is 5.60 Å². The van der Waals surface area contributed by atoms with E-state index in [9.17, 15) is 4.79 Å². The lowest BCUT2D eigenvalue weighted by Crippen LogP contribution is -2.44. The minimum Gasteiger partial charge on any atom is -0.490 e. The first kappa shape index (κ1) is 24.0. The van der Waals surface area contributed by atoms with E-state index in [1.165, 1.54) is 6.21 Å². The molecule has 8 heteroatoms. The van der Waals surface area contributed by atoms with Crippen LogP contribution in [0.3, 0.4) is 0 Å². The van der Waals surface area contributed by atoms with Crippen LogP contribution in [0.25, 0.3) is 0 Å². The van der Waals surface area contributed by atoms with E-state index in [1.807, 2.05) is 26.8 Å². The zero-order valence-electron chi connectivity index (χ0n) is 17.7. The molecule has 1 N–H and O–H groups in total. The van der Waals surface area contributed by atoms with E-state index in [0.29, 0.717) is 35.5 Å². The number of halogens is 2. The van der Waals surface area contributed by atoms with Gasteiger partial charge >= 0.3 is 0 Å². The third-order valence-electron chi connectivity index (χ3n) is 4.05. The first-order chi connectivity index (χ1) is 14.2. The van der Waals surface area contributed by atoms with Crippen molar-refractivity contribution in [2.75, 3.05) is 13.2 Å². The van der Waals surface area contributed by atoms with Crippen LogP contribution >= 0.6 is 27.5 Å². The van der Waals surface area contributed by atoms with Gasteiger partial charge in [-0.1, -0.05) is 11.6 Å². The van der Waals surface area contributed by atoms with Gasteiger partial charge in [-0.05, 0) is 92.0 Å². The third kappa shape index (κ3) is 6.37. The fraction of sp³-hybridized carbons (Fsp3) is 0.364. The van der Waals surface area contributed by atoms with Crippen LogP contribution in [0.4, 0.5) is 0 Å². The minimum atomic E-state index is -1.13. The van der Waals surface area contributed by atoms with Crippen molar-refractivity contribution in [3.8, 4) is 17.2 Å². The molecule has 0 aromatic heterocycles. The summed E-state index contributed by atoms with van der Waals surface area (Å²) in [6.07, 6.45) is 1.53. The topological polar surface area (TPSA) is 69.2 Å². The Morgan fingerprint density at radius 3 is 2.53 bits per heavy atom. The number of hydrazone groups is 1. The van der Waals surface area contributed by atoms with Gasteiger partial charge in [0.25, 0.3) is 5.91 Å². The van der Waals surface area contributed by atoms with Gasteiger partial charge in [-0.3, -0.25) is 4.79 Å². The van der Waals surface area contributed by atoms with Gasteiger partial charge in [0.2, 0.25) is 0 Å². The Hall–Kier alpha value is -2.25. The summed E-state index contributed by atoms with van der Waals surface area (Å²) in [6, 6.07) is 8.88. The van der Waals surface area contributed by atoms with Crippen LogP contribution in [0.1, 0.15) is 38.8 Å². The first-order valence-electron chi connectivity index (χ1n) is 9.55.